The second-order valence-electron chi connectivity index (χ2n) is 6.91. The van der Waals surface area contributed by atoms with Gasteiger partial charge in [-0.2, -0.15) is 0 Å². The van der Waals surface area contributed by atoms with Crippen LogP contribution in [0.15, 0.2) is 67.1 Å². The number of rotatable bonds is 5. The SMILES string of the molecule is C=C(C)COc1ccccc1C(=O)N1CCc2[nH]cnc2[C@@H]1c1ccccn1. The lowest BCUT2D eigenvalue weighted by molar-refractivity contribution is 0.0683. The molecule has 1 N–H and O–H groups in total. The zero-order chi connectivity index (χ0) is 19.5. The number of carbonyl (C=O) groups excluding carboxylic acids is 1. The van der Waals surface area contributed by atoms with Gasteiger partial charge in [-0.25, -0.2) is 4.98 Å². The summed E-state index contributed by atoms with van der Waals surface area (Å²) in [5.74, 6) is 0.463. The first-order chi connectivity index (χ1) is 13.6. The molecule has 1 atom stereocenters. The first-order valence-corrected chi connectivity index (χ1v) is 9.25. The van der Waals surface area contributed by atoms with Gasteiger partial charge in [-0.1, -0.05) is 24.8 Å². The fraction of sp³-hybridized carbons (Fsp3) is 0.227. The van der Waals surface area contributed by atoms with Crippen LogP contribution in [0.2, 0.25) is 0 Å². The van der Waals surface area contributed by atoms with Crippen molar-refractivity contribution >= 4 is 5.91 Å². The highest BCUT2D eigenvalue weighted by Crippen LogP contribution is 2.34. The van der Waals surface area contributed by atoms with Gasteiger partial charge in [0.1, 0.15) is 18.4 Å². The molecule has 4 rings (SSSR count). The number of amides is 1. The van der Waals surface area contributed by atoms with Gasteiger partial charge in [0.15, 0.2) is 0 Å². The molecule has 0 bridgehead atoms. The number of ether oxygens (including phenoxy) is 1. The first kappa shape index (κ1) is 18.0. The van der Waals surface area contributed by atoms with Gasteiger partial charge in [-0.05, 0) is 36.8 Å². The summed E-state index contributed by atoms with van der Waals surface area (Å²) in [6.45, 7) is 6.71. The zero-order valence-electron chi connectivity index (χ0n) is 15.8. The minimum Gasteiger partial charge on any atom is -0.488 e. The van der Waals surface area contributed by atoms with Crippen LogP contribution in [-0.2, 0) is 6.42 Å². The number of para-hydroxylation sites is 1. The van der Waals surface area contributed by atoms with E-state index >= 15 is 0 Å². The normalized spacial score (nSPS) is 15.8. The van der Waals surface area contributed by atoms with Crippen LogP contribution in [0, 0.1) is 0 Å². The fourth-order valence-corrected chi connectivity index (χ4v) is 3.46. The molecule has 0 fully saturated rings. The van der Waals surface area contributed by atoms with Crippen molar-refractivity contribution in [3.8, 4) is 5.75 Å². The third-order valence-electron chi connectivity index (χ3n) is 4.75. The van der Waals surface area contributed by atoms with Crippen LogP contribution < -0.4 is 4.74 Å². The average molecular weight is 374 g/mol. The van der Waals surface area contributed by atoms with E-state index in [0.717, 1.165) is 29.1 Å². The van der Waals surface area contributed by atoms with Crippen molar-refractivity contribution in [3.05, 3.63) is 89.8 Å². The van der Waals surface area contributed by atoms with Crippen LogP contribution in [-0.4, -0.2) is 38.9 Å². The summed E-state index contributed by atoms with van der Waals surface area (Å²) in [5, 5.41) is 0. The Kier molecular flexibility index (Phi) is 4.93. The van der Waals surface area contributed by atoms with E-state index < -0.39 is 0 Å². The van der Waals surface area contributed by atoms with E-state index in [2.05, 4.69) is 21.5 Å². The first-order valence-electron chi connectivity index (χ1n) is 9.25. The Morgan fingerprint density at radius 2 is 2.07 bits per heavy atom. The highest BCUT2D eigenvalue weighted by molar-refractivity contribution is 5.97. The lowest BCUT2D eigenvalue weighted by Gasteiger charge is -2.35. The fourth-order valence-electron chi connectivity index (χ4n) is 3.46. The van der Waals surface area contributed by atoms with Crippen molar-refractivity contribution in [3.63, 3.8) is 0 Å². The van der Waals surface area contributed by atoms with Crippen LogP contribution in [0.1, 0.15) is 40.4 Å². The monoisotopic (exact) mass is 374 g/mol. The summed E-state index contributed by atoms with van der Waals surface area (Å²) in [5.41, 5.74) is 4.12. The van der Waals surface area contributed by atoms with Gasteiger partial charge in [0, 0.05) is 24.9 Å². The Bertz CT molecular complexity index is 997. The third kappa shape index (κ3) is 3.41. The highest BCUT2D eigenvalue weighted by Gasteiger charge is 2.36. The van der Waals surface area contributed by atoms with Crippen molar-refractivity contribution in [1.29, 1.82) is 0 Å². The summed E-state index contributed by atoms with van der Waals surface area (Å²) in [7, 11) is 0. The molecule has 0 aliphatic carbocycles. The van der Waals surface area contributed by atoms with E-state index in [1.165, 1.54) is 0 Å². The number of imidazole rings is 1. The summed E-state index contributed by atoms with van der Waals surface area (Å²) >= 11 is 0. The number of benzene rings is 1. The Morgan fingerprint density at radius 3 is 2.86 bits per heavy atom. The van der Waals surface area contributed by atoms with Gasteiger partial charge >= 0.3 is 0 Å². The van der Waals surface area contributed by atoms with Gasteiger partial charge in [0.05, 0.1) is 23.3 Å². The summed E-state index contributed by atoms with van der Waals surface area (Å²) in [6, 6.07) is 12.7. The van der Waals surface area contributed by atoms with E-state index in [1.54, 1.807) is 18.6 Å². The number of carbonyl (C=O) groups is 1. The molecule has 0 unspecified atom stereocenters. The number of fused-ring (bicyclic) bond motifs is 1. The molecule has 0 saturated heterocycles. The Morgan fingerprint density at radius 1 is 1.25 bits per heavy atom. The summed E-state index contributed by atoms with van der Waals surface area (Å²) in [4.78, 5) is 27.5. The van der Waals surface area contributed by atoms with Crippen molar-refractivity contribution in [1.82, 2.24) is 19.9 Å². The number of H-pyrrole nitrogens is 1. The molecule has 3 heterocycles. The van der Waals surface area contributed by atoms with E-state index in [4.69, 9.17) is 4.74 Å². The maximum atomic E-state index is 13.5. The van der Waals surface area contributed by atoms with Crippen LogP contribution in [0.3, 0.4) is 0 Å². The van der Waals surface area contributed by atoms with E-state index in [-0.39, 0.29) is 11.9 Å². The summed E-state index contributed by atoms with van der Waals surface area (Å²) in [6.07, 6.45) is 4.14. The lowest BCUT2D eigenvalue weighted by Crippen LogP contribution is -2.41. The minimum absolute atomic E-state index is 0.0957. The molecule has 1 aliphatic heterocycles. The van der Waals surface area contributed by atoms with Crippen molar-refractivity contribution in [2.45, 2.75) is 19.4 Å². The standard InChI is InChI=1S/C22H22N4O2/c1-15(2)13-28-19-9-4-3-7-16(19)22(27)26-12-10-17-20(25-14-24-17)21(26)18-8-5-6-11-23-18/h3-9,11,14,21H,1,10,12-13H2,2H3,(H,24,25)/t21-/m0/s1. The molecule has 3 aromatic rings. The number of aromatic nitrogens is 3. The molecule has 1 amide bonds. The second-order valence-corrected chi connectivity index (χ2v) is 6.91. The minimum atomic E-state index is -0.335. The topological polar surface area (TPSA) is 71.1 Å². The van der Waals surface area contributed by atoms with Gasteiger partial charge in [0.25, 0.3) is 5.91 Å². The number of hydrogen-bond donors (Lipinski definition) is 1. The molecule has 1 aromatic carbocycles. The largest absolute Gasteiger partial charge is 0.488 e. The maximum absolute atomic E-state index is 13.5. The Balaban J connectivity index is 1.72. The molecular formula is C22H22N4O2. The van der Waals surface area contributed by atoms with E-state index in [9.17, 15) is 4.79 Å². The molecular weight excluding hydrogens is 352 g/mol. The van der Waals surface area contributed by atoms with Crippen molar-refractivity contribution in [2.24, 2.45) is 0 Å². The predicted octanol–water partition coefficient (Wildman–Crippen LogP) is 3.55. The van der Waals surface area contributed by atoms with Gasteiger partial charge in [0.2, 0.25) is 0 Å². The van der Waals surface area contributed by atoms with Crippen LogP contribution in [0.5, 0.6) is 5.75 Å². The lowest BCUT2D eigenvalue weighted by atomic mass is 9.98. The smallest absolute Gasteiger partial charge is 0.258 e. The predicted molar refractivity (Wildman–Crippen MR) is 106 cm³/mol. The molecule has 6 heteroatoms. The highest BCUT2D eigenvalue weighted by atomic mass is 16.5. The Hall–Kier alpha value is -3.41. The summed E-state index contributed by atoms with van der Waals surface area (Å²) < 4.78 is 5.82. The molecule has 28 heavy (non-hydrogen) atoms. The molecule has 142 valence electrons. The third-order valence-corrected chi connectivity index (χ3v) is 4.75. The second kappa shape index (κ2) is 7.68. The van der Waals surface area contributed by atoms with Gasteiger partial charge in [-0.15, -0.1) is 0 Å². The van der Waals surface area contributed by atoms with Crippen molar-refractivity contribution < 1.29 is 9.53 Å². The van der Waals surface area contributed by atoms with Gasteiger partial charge < -0.3 is 14.6 Å². The molecule has 0 radical (unpaired) electrons. The quantitative estimate of drug-likeness (QED) is 0.694. The molecule has 0 saturated carbocycles. The van der Waals surface area contributed by atoms with Crippen LogP contribution in [0.4, 0.5) is 0 Å². The number of pyridine rings is 1. The Labute approximate surface area is 163 Å². The molecule has 0 spiro atoms. The van der Waals surface area contributed by atoms with Crippen LogP contribution in [0.25, 0.3) is 0 Å². The van der Waals surface area contributed by atoms with E-state index in [1.807, 2.05) is 48.2 Å². The average Bonchev–Trinajstić information content (AvgIpc) is 3.20. The molecule has 6 nitrogen and oxygen atoms in total. The number of nitrogens with one attached hydrogen (secondary N) is 1. The molecule has 1 aliphatic rings. The van der Waals surface area contributed by atoms with Gasteiger partial charge in [-0.3, -0.25) is 9.78 Å². The van der Waals surface area contributed by atoms with Crippen molar-refractivity contribution in [2.75, 3.05) is 13.2 Å². The molecule has 2 aromatic heterocycles. The number of nitrogens with zero attached hydrogens (tertiary/aromatic N) is 3. The van der Waals surface area contributed by atoms with Crippen LogP contribution >= 0.6 is 0 Å². The van der Waals surface area contributed by atoms with E-state index in [0.29, 0.717) is 24.5 Å². The maximum Gasteiger partial charge on any atom is 0.258 e. The zero-order valence-corrected chi connectivity index (χ0v) is 15.8. The number of hydrogen-bond acceptors (Lipinski definition) is 4. The number of aromatic amines is 1.